The Morgan fingerprint density at radius 3 is 2.75 bits per heavy atom. The Morgan fingerprint density at radius 1 is 1.36 bits per heavy atom. The lowest BCUT2D eigenvalue weighted by Gasteiger charge is -2.26. The highest BCUT2D eigenvalue weighted by Gasteiger charge is 2.30. The van der Waals surface area contributed by atoms with Gasteiger partial charge in [0.1, 0.15) is 0 Å². The molecule has 2 aromatic heterocycles. The molecule has 0 radical (unpaired) electrons. The zero-order valence-corrected chi connectivity index (χ0v) is 15.7. The molecule has 0 bridgehead atoms. The van der Waals surface area contributed by atoms with Crippen molar-refractivity contribution in [3.8, 4) is 6.07 Å². The smallest absolute Gasteiger partial charge is 0.228 e. The molecule has 1 saturated carbocycles. The lowest BCUT2D eigenvalue weighted by molar-refractivity contribution is -0.120. The van der Waals surface area contributed by atoms with Crippen LogP contribution < -0.4 is 5.32 Å². The van der Waals surface area contributed by atoms with Crippen LogP contribution in [0.3, 0.4) is 0 Å². The fourth-order valence-corrected chi connectivity index (χ4v) is 3.71. The largest absolute Gasteiger partial charge is 0.385 e. The number of nitrogens with one attached hydrogen (secondary N) is 1. The average molecular weight is 374 g/mol. The summed E-state index contributed by atoms with van der Waals surface area (Å²) in [7, 11) is 0. The number of pyridine rings is 1. The quantitative estimate of drug-likeness (QED) is 0.712. The number of aromatic nitrogens is 2. The third-order valence-corrected chi connectivity index (χ3v) is 5.47. The van der Waals surface area contributed by atoms with Crippen LogP contribution in [0.2, 0.25) is 0 Å². The molecule has 2 N–H and O–H groups in total. The first-order valence-corrected chi connectivity index (χ1v) is 9.48. The van der Waals surface area contributed by atoms with Gasteiger partial charge in [-0.15, -0.1) is 5.10 Å². The van der Waals surface area contributed by atoms with Gasteiger partial charge in [0.2, 0.25) is 5.91 Å². The maximum atomic E-state index is 12.7. The number of aliphatic hydroxyl groups is 1. The van der Waals surface area contributed by atoms with E-state index in [9.17, 15) is 15.2 Å². The summed E-state index contributed by atoms with van der Waals surface area (Å²) in [5, 5.41) is 27.4. The summed E-state index contributed by atoms with van der Waals surface area (Å²) >= 11 is 0. The Hall–Kier alpha value is -3.17. The number of carbonyl (C=O) groups is 1. The Kier molecular flexibility index (Phi) is 4.62. The van der Waals surface area contributed by atoms with Crippen LogP contribution in [0.25, 0.3) is 5.52 Å². The van der Waals surface area contributed by atoms with E-state index < -0.39 is 5.60 Å². The van der Waals surface area contributed by atoms with Gasteiger partial charge < -0.3 is 10.4 Å². The SMILES string of the molecule is CC(O)(CC(=O)Nc1nn2ccc(C#N)cc2c1C1CCC1)c1ccccc1. The van der Waals surface area contributed by atoms with Crippen molar-refractivity contribution in [3.05, 3.63) is 65.4 Å². The normalized spacial score (nSPS) is 16.2. The highest BCUT2D eigenvalue weighted by Crippen LogP contribution is 2.42. The van der Waals surface area contributed by atoms with E-state index in [1.54, 1.807) is 35.8 Å². The van der Waals surface area contributed by atoms with E-state index in [1.165, 1.54) is 0 Å². The second-order valence-corrected chi connectivity index (χ2v) is 7.61. The molecule has 0 spiro atoms. The number of carbonyl (C=O) groups excluding carboxylic acids is 1. The van der Waals surface area contributed by atoms with Gasteiger partial charge in [-0.25, -0.2) is 4.52 Å². The van der Waals surface area contributed by atoms with Gasteiger partial charge in [-0.2, -0.15) is 5.26 Å². The molecule has 28 heavy (non-hydrogen) atoms. The number of rotatable bonds is 5. The molecule has 3 aromatic rings. The summed E-state index contributed by atoms with van der Waals surface area (Å²) in [6.07, 6.45) is 4.91. The number of hydrogen-bond donors (Lipinski definition) is 2. The number of benzene rings is 1. The van der Waals surface area contributed by atoms with Gasteiger partial charge in [0, 0.05) is 11.8 Å². The molecule has 1 aromatic carbocycles. The Balaban J connectivity index is 1.62. The van der Waals surface area contributed by atoms with Crippen LogP contribution in [0.15, 0.2) is 48.7 Å². The minimum absolute atomic E-state index is 0.0710. The van der Waals surface area contributed by atoms with E-state index in [1.807, 2.05) is 24.3 Å². The molecular weight excluding hydrogens is 352 g/mol. The van der Waals surface area contributed by atoms with E-state index in [0.717, 1.165) is 30.3 Å². The van der Waals surface area contributed by atoms with E-state index in [4.69, 9.17) is 0 Å². The molecule has 1 atom stereocenters. The molecule has 6 heteroatoms. The average Bonchev–Trinajstić information content (AvgIpc) is 2.97. The van der Waals surface area contributed by atoms with Gasteiger partial charge in [0.05, 0.1) is 29.2 Å². The first-order valence-electron chi connectivity index (χ1n) is 9.48. The molecule has 0 aliphatic heterocycles. The van der Waals surface area contributed by atoms with Gasteiger partial charge in [-0.1, -0.05) is 36.8 Å². The fourth-order valence-electron chi connectivity index (χ4n) is 3.71. The number of amides is 1. The van der Waals surface area contributed by atoms with Crippen molar-refractivity contribution >= 4 is 17.2 Å². The summed E-state index contributed by atoms with van der Waals surface area (Å²) in [4.78, 5) is 12.7. The van der Waals surface area contributed by atoms with Crippen LogP contribution in [0.4, 0.5) is 5.82 Å². The first kappa shape index (κ1) is 18.2. The lowest BCUT2D eigenvalue weighted by Crippen LogP contribution is -2.29. The minimum atomic E-state index is -1.27. The van der Waals surface area contributed by atoms with Gasteiger partial charge in [-0.3, -0.25) is 4.79 Å². The lowest BCUT2D eigenvalue weighted by atomic mass is 9.80. The molecule has 0 saturated heterocycles. The Labute approximate surface area is 163 Å². The van der Waals surface area contributed by atoms with E-state index >= 15 is 0 Å². The first-order chi connectivity index (χ1) is 13.5. The van der Waals surface area contributed by atoms with Crippen LogP contribution >= 0.6 is 0 Å². The summed E-state index contributed by atoms with van der Waals surface area (Å²) in [6, 6.07) is 14.8. The molecule has 1 unspecified atom stereocenters. The summed E-state index contributed by atoms with van der Waals surface area (Å²) < 4.78 is 1.71. The third-order valence-electron chi connectivity index (χ3n) is 5.47. The topological polar surface area (TPSA) is 90.4 Å². The number of hydrogen-bond acceptors (Lipinski definition) is 4. The van der Waals surface area contributed by atoms with Crippen molar-refractivity contribution < 1.29 is 9.90 Å². The molecular formula is C22H22N4O2. The molecule has 6 nitrogen and oxygen atoms in total. The zero-order valence-electron chi connectivity index (χ0n) is 15.7. The fraction of sp³-hybridized carbons (Fsp3) is 0.318. The van der Waals surface area contributed by atoms with Crippen molar-refractivity contribution in [1.82, 2.24) is 9.61 Å². The number of fused-ring (bicyclic) bond motifs is 1. The predicted octanol–water partition coefficient (Wildman–Crippen LogP) is 3.71. The predicted molar refractivity (Wildman–Crippen MR) is 106 cm³/mol. The maximum Gasteiger partial charge on any atom is 0.228 e. The second kappa shape index (κ2) is 7.10. The van der Waals surface area contributed by atoms with Gasteiger partial charge in [0.15, 0.2) is 5.82 Å². The van der Waals surface area contributed by atoms with Crippen molar-refractivity contribution in [2.24, 2.45) is 0 Å². The number of anilines is 1. The van der Waals surface area contributed by atoms with Gasteiger partial charge in [0.25, 0.3) is 0 Å². The van der Waals surface area contributed by atoms with Crippen LogP contribution in [-0.4, -0.2) is 20.6 Å². The summed E-state index contributed by atoms with van der Waals surface area (Å²) in [5.74, 6) is 0.559. The third kappa shape index (κ3) is 3.37. The molecule has 1 aliphatic rings. The molecule has 1 amide bonds. The van der Waals surface area contributed by atoms with Crippen molar-refractivity contribution in [2.45, 2.75) is 44.1 Å². The zero-order chi connectivity index (χ0) is 19.7. The van der Waals surface area contributed by atoms with Crippen LogP contribution in [0, 0.1) is 11.3 Å². The standard InChI is InChI=1S/C22H22N4O2/c1-22(28,17-8-3-2-4-9-17)13-19(27)24-21-20(16-6-5-7-16)18-12-15(14-23)10-11-26(18)25-21/h2-4,8-12,16,28H,5-7,13H2,1H3,(H,24,25,27). The van der Waals surface area contributed by atoms with Gasteiger partial charge >= 0.3 is 0 Å². The highest BCUT2D eigenvalue weighted by atomic mass is 16.3. The van der Waals surface area contributed by atoms with Crippen LogP contribution in [-0.2, 0) is 10.4 Å². The Morgan fingerprint density at radius 2 is 2.11 bits per heavy atom. The monoisotopic (exact) mass is 374 g/mol. The number of nitrogens with zero attached hydrogens (tertiary/aromatic N) is 3. The molecule has 2 heterocycles. The van der Waals surface area contributed by atoms with E-state index in [-0.39, 0.29) is 12.3 Å². The molecule has 4 rings (SSSR count). The van der Waals surface area contributed by atoms with Crippen LogP contribution in [0.1, 0.15) is 55.2 Å². The van der Waals surface area contributed by atoms with Crippen molar-refractivity contribution in [1.29, 1.82) is 5.26 Å². The molecule has 1 aliphatic carbocycles. The molecule has 142 valence electrons. The highest BCUT2D eigenvalue weighted by molar-refractivity contribution is 5.92. The molecule has 1 fully saturated rings. The van der Waals surface area contributed by atoms with Crippen molar-refractivity contribution in [3.63, 3.8) is 0 Å². The maximum absolute atomic E-state index is 12.7. The van der Waals surface area contributed by atoms with E-state index in [0.29, 0.717) is 22.9 Å². The number of nitriles is 1. The van der Waals surface area contributed by atoms with Gasteiger partial charge in [-0.05, 0) is 43.4 Å². The Bertz CT molecular complexity index is 1060. The summed E-state index contributed by atoms with van der Waals surface area (Å²) in [6.45, 7) is 1.64. The second-order valence-electron chi connectivity index (χ2n) is 7.61. The van der Waals surface area contributed by atoms with E-state index in [2.05, 4.69) is 16.5 Å². The minimum Gasteiger partial charge on any atom is -0.385 e. The van der Waals surface area contributed by atoms with Crippen LogP contribution in [0.5, 0.6) is 0 Å². The summed E-state index contributed by atoms with van der Waals surface area (Å²) in [5.41, 5.74) is 1.83. The van der Waals surface area contributed by atoms with Crippen molar-refractivity contribution in [2.75, 3.05) is 5.32 Å².